The van der Waals surface area contributed by atoms with Gasteiger partial charge in [-0.15, -0.1) is 10.2 Å². The fraction of sp³-hybridized carbons (Fsp3) is 0.167. The molecule has 3 rings (SSSR count). The number of benzene rings is 2. The van der Waals surface area contributed by atoms with E-state index in [0.717, 1.165) is 11.3 Å². The SMILES string of the molecule is CCOc1ccc(Cc2nnc(Nc3cc(Cl)cc(Cl)c3)[nH]c2=O)cc1. The molecule has 1 heterocycles. The van der Waals surface area contributed by atoms with Gasteiger partial charge in [0.15, 0.2) is 0 Å². The van der Waals surface area contributed by atoms with Gasteiger partial charge in [-0.25, -0.2) is 0 Å². The Morgan fingerprint density at radius 2 is 1.77 bits per heavy atom. The van der Waals surface area contributed by atoms with Gasteiger partial charge in [-0.2, -0.15) is 0 Å². The Balaban J connectivity index is 1.73. The summed E-state index contributed by atoms with van der Waals surface area (Å²) < 4.78 is 5.40. The highest BCUT2D eigenvalue weighted by molar-refractivity contribution is 6.35. The maximum absolute atomic E-state index is 12.3. The number of aromatic nitrogens is 3. The summed E-state index contributed by atoms with van der Waals surface area (Å²) in [6, 6.07) is 12.5. The fourth-order valence-electron chi connectivity index (χ4n) is 2.36. The van der Waals surface area contributed by atoms with Crippen LogP contribution < -0.4 is 15.6 Å². The van der Waals surface area contributed by atoms with Crippen molar-refractivity contribution in [2.24, 2.45) is 0 Å². The van der Waals surface area contributed by atoms with Crippen molar-refractivity contribution in [2.45, 2.75) is 13.3 Å². The van der Waals surface area contributed by atoms with E-state index >= 15 is 0 Å². The molecule has 0 aliphatic heterocycles. The lowest BCUT2D eigenvalue weighted by atomic mass is 10.1. The average Bonchev–Trinajstić information content (AvgIpc) is 2.58. The van der Waals surface area contributed by atoms with Crippen molar-refractivity contribution >= 4 is 34.8 Å². The van der Waals surface area contributed by atoms with Crippen molar-refractivity contribution in [3.05, 3.63) is 74.1 Å². The van der Waals surface area contributed by atoms with Crippen LogP contribution in [0.15, 0.2) is 47.3 Å². The Labute approximate surface area is 160 Å². The summed E-state index contributed by atoms with van der Waals surface area (Å²) in [6.45, 7) is 2.53. The van der Waals surface area contributed by atoms with E-state index in [2.05, 4.69) is 20.5 Å². The first-order chi connectivity index (χ1) is 12.5. The number of halogens is 2. The summed E-state index contributed by atoms with van der Waals surface area (Å²) in [4.78, 5) is 14.9. The molecule has 0 fully saturated rings. The van der Waals surface area contributed by atoms with Crippen LogP contribution in [0.2, 0.25) is 10.0 Å². The summed E-state index contributed by atoms with van der Waals surface area (Å²) in [5, 5.41) is 11.9. The maximum Gasteiger partial charge on any atom is 0.274 e. The molecular weight excluding hydrogens is 375 g/mol. The number of aromatic amines is 1. The smallest absolute Gasteiger partial charge is 0.274 e. The standard InChI is InChI=1S/C18H16Cl2N4O2/c1-2-26-15-5-3-11(4-6-15)7-16-17(25)22-18(24-23-16)21-14-9-12(19)8-13(20)10-14/h3-6,8-10H,2,7H2,1H3,(H2,21,22,24,25). The molecule has 8 heteroatoms. The Bertz CT molecular complexity index is 938. The monoisotopic (exact) mass is 390 g/mol. The summed E-state index contributed by atoms with van der Waals surface area (Å²) in [7, 11) is 0. The number of nitrogens with zero attached hydrogens (tertiary/aromatic N) is 2. The van der Waals surface area contributed by atoms with E-state index in [4.69, 9.17) is 27.9 Å². The molecule has 134 valence electrons. The highest BCUT2D eigenvalue weighted by atomic mass is 35.5. The quantitative estimate of drug-likeness (QED) is 0.658. The highest BCUT2D eigenvalue weighted by Crippen LogP contribution is 2.23. The van der Waals surface area contributed by atoms with Gasteiger partial charge in [0, 0.05) is 22.2 Å². The predicted octanol–water partition coefficient (Wildman–Crippen LogP) is 4.20. The normalized spacial score (nSPS) is 10.6. The molecule has 3 aromatic rings. The number of anilines is 2. The van der Waals surface area contributed by atoms with Gasteiger partial charge in [0.05, 0.1) is 6.61 Å². The molecule has 0 aliphatic rings. The first-order valence-corrected chi connectivity index (χ1v) is 8.70. The van der Waals surface area contributed by atoms with Crippen LogP contribution in [0.3, 0.4) is 0 Å². The number of rotatable bonds is 6. The fourth-order valence-corrected chi connectivity index (χ4v) is 2.88. The molecule has 0 aliphatic carbocycles. The van der Waals surface area contributed by atoms with E-state index in [1.165, 1.54) is 0 Å². The lowest BCUT2D eigenvalue weighted by Crippen LogP contribution is -2.18. The maximum atomic E-state index is 12.3. The molecule has 0 bridgehead atoms. The zero-order chi connectivity index (χ0) is 18.5. The van der Waals surface area contributed by atoms with Crippen molar-refractivity contribution in [3.8, 4) is 5.75 Å². The largest absolute Gasteiger partial charge is 0.494 e. The predicted molar refractivity (Wildman–Crippen MR) is 103 cm³/mol. The van der Waals surface area contributed by atoms with Crippen LogP contribution in [0.25, 0.3) is 0 Å². The van der Waals surface area contributed by atoms with Crippen molar-refractivity contribution < 1.29 is 4.74 Å². The molecule has 0 radical (unpaired) electrons. The van der Waals surface area contributed by atoms with Crippen LogP contribution in [-0.2, 0) is 6.42 Å². The van der Waals surface area contributed by atoms with Gasteiger partial charge in [0.1, 0.15) is 11.4 Å². The Morgan fingerprint density at radius 1 is 1.08 bits per heavy atom. The Morgan fingerprint density at radius 3 is 2.38 bits per heavy atom. The van der Waals surface area contributed by atoms with E-state index in [1.54, 1.807) is 18.2 Å². The van der Waals surface area contributed by atoms with Crippen molar-refractivity contribution in [2.75, 3.05) is 11.9 Å². The summed E-state index contributed by atoms with van der Waals surface area (Å²) in [5.74, 6) is 1.000. The Hall–Kier alpha value is -2.57. The molecule has 6 nitrogen and oxygen atoms in total. The molecule has 1 aromatic heterocycles. The zero-order valence-corrected chi connectivity index (χ0v) is 15.4. The summed E-state index contributed by atoms with van der Waals surface area (Å²) in [6.07, 6.45) is 0.373. The lowest BCUT2D eigenvalue weighted by molar-refractivity contribution is 0.340. The Kier molecular flexibility index (Phi) is 5.75. The summed E-state index contributed by atoms with van der Waals surface area (Å²) >= 11 is 11.9. The van der Waals surface area contributed by atoms with Gasteiger partial charge in [-0.3, -0.25) is 9.78 Å². The van der Waals surface area contributed by atoms with Crippen LogP contribution in [0.4, 0.5) is 11.6 Å². The van der Waals surface area contributed by atoms with Gasteiger partial charge in [0.25, 0.3) is 5.56 Å². The minimum absolute atomic E-state index is 0.212. The molecule has 0 spiro atoms. The lowest BCUT2D eigenvalue weighted by Gasteiger charge is -2.07. The third kappa shape index (κ3) is 4.74. The number of hydrogen-bond acceptors (Lipinski definition) is 5. The molecule has 2 aromatic carbocycles. The minimum Gasteiger partial charge on any atom is -0.494 e. The van der Waals surface area contributed by atoms with Crippen molar-refractivity contribution in [1.29, 1.82) is 0 Å². The van der Waals surface area contributed by atoms with Crippen molar-refractivity contribution in [1.82, 2.24) is 15.2 Å². The van der Waals surface area contributed by atoms with Crippen LogP contribution in [0.5, 0.6) is 5.75 Å². The first kappa shape index (κ1) is 18.2. The van der Waals surface area contributed by atoms with Crippen LogP contribution in [0, 0.1) is 0 Å². The number of H-pyrrole nitrogens is 1. The van der Waals surface area contributed by atoms with Gasteiger partial charge < -0.3 is 10.1 Å². The number of ether oxygens (including phenoxy) is 1. The highest BCUT2D eigenvalue weighted by Gasteiger charge is 2.07. The molecule has 0 saturated heterocycles. The van der Waals surface area contributed by atoms with E-state index in [-0.39, 0.29) is 11.5 Å². The van der Waals surface area contributed by atoms with Crippen molar-refractivity contribution in [3.63, 3.8) is 0 Å². The molecule has 26 heavy (non-hydrogen) atoms. The van der Waals surface area contributed by atoms with E-state index in [1.807, 2.05) is 31.2 Å². The molecular formula is C18H16Cl2N4O2. The van der Waals surface area contributed by atoms with E-state index in [9.17, 15) is 4.79 Å². The molecule has 0 saturated carbocycles. The van der Waals surface area contributed by atoms with Crippen LogP contribution >= 0.6 is 23.2 Å². The van der Waals surface area contributed by atoms with Gasteiger partial charge in [0.2, 0.25) is 5.95 Å². The van der Waals surface area contributed by atoms with Crippen LogP contribution in [-0.4, -0.2) is 21.8 Å². The zero-order valence-electron chi connectivity index (χ0n) is 13.9. The third-order valence-electron chi connectivity index (χ3n) is 3.50. The topological polar surface area (TPSA) is 79.9 Å². The first-order valence-electron chi connectivity index (χ1n) is 7.94. The van der Waals surface area contributed by atoms with Gasteiger partial charge in [-0.05, 0) is 42.8 Å². The third-order valence-corrected chi connectivity index (χ3v) is 3.93. The number of nitrogens with one attached hydrogen (secondary N) is 2. The summed E-state index contributed by atoms with van der Waals surface area (Å²) in [5.41, 5.74) is 1.55. The van der Waals surface area contributed by atoms with E-state index < -0.39 is 0 Å². The van der Waals surface area contributed by atoms with Crippen LogP contribution in [0.1, 0.15) is 18.2 Å². The minimum atomic E-state index is -0.315. The van der Waals surface area contributed by atoms with Gasteiger partial charge >= 0.3 is 0 Å². The van der Waals surface area contributed by atoms with E-state index in [0.29, 0.717) is 34.5 Å². The molecule has 0 atom stereocenters. The van der Waals surface area contributed by atoms with Gasteiger partial charge in [-0.1, -0.05) is 35.3 Å². The average molecular weight is 391 g/mol. The molecule has 0 unspecified atom stereocenters. The second-order valence-corrected chi connectivity index (χ2v) is 6.36. The second-order valence-electron chi connectivity index (χ2n) is 5.49. The second kappa shape index (κ2) is 8.21. The number of hydrogen-bond donors (Lipinski definition) is 2. The molecule has 0 amide bonds. The molecule has 2 N–H and O–H groups in total.